The molecule has 4 heteroatoms. The van der Waals surface area contributed by atoms with Crippen LogP contribution in [0.25, 0.3) is 0 Å². The van der Waals surface area contributed by atoms with Crippen LogP contribution in [0.4, 0.5) is 5.69 Å². The van der Waals surface area contributed by atoms with E-state index in [1.54, 1.807) is 0 Å². The van der Waals surface area contributed by atoms with Crippen LogP contribution >= 0.6 is 0 Å². The van der Waals surface area contributed by atoms with E-state index in [2.05, 4.69) is 5.32 Å². The molecule has 0 spiro atoms. The van der Waals surface area contributed by atoms with Crippen LogP contribution in [0.3, 0.4) is 0 Å². The van der Waals surface area contributed by atoms with Crippen LogP contribution in [0.2, 0.25) is 0 Å². The Bertz CT molecular complexity index is 366. The van der Waals surface area contributed by atoms with Gasteiger partial charge in [-0.2, -0.15) is 0 Å². The standard InChI is InChI=1S/C14H21NO3/c1-3-17-10-11-18-14(16)8-9-15-13-7-5-4-6-12(13)2/h4-7,15H,3,8-11H2,1-2H3. The minimum absolute atomic E-state index is 0.198. The number of para-hydroxylation sites is 1. The van der Waals surface area contributed by atoms with Crippen LogP contribution in [-0.2, 0) is 14.3 Å². The van der Waals surface area contributed by atoms with Crippen molar-refractivity contribution < 1.29 is 14.3 Å². The Balaban J connectivity index is 2.14. The Morgan fingerprint density at radius 3 is 2.78 bits per heavy atom. The van der Waals surface area contributed by atoms with Crippen molar-refractivity contribution in [3.63, 3.8) is 0 Å². The predicted octanol–water partition coefficient (Wildman–Crippen LogP) is 2.38. The quantitative estimate of drug-likeness (QED) is 0.569. The van der Waals surface area contributed by atoms with Crippen molar-refractivity contribution in [2.45, 2.75) is 20.3 Å². The fourth-order valence-corrected chi connectivity index (χ4v) is 1.50. The number of anilines is 1. The molecule has 4 nitrogen and oxygen atoms in total. The Kier molecular flexibility index (Phi) is 6.87. The highest BCUT2D eigenvalue weighted by atomic mass is 16.6. The maximum Gasteiger partial charge on any atom is 0.307 e. The lowest BCUT2D eigenvalue weighted by Crippen LogP contribution is -2.14. The summed E-state index contributed by atoms with van der Waals surface area (Å²) in [6.45, 7) is 5.96. The summed E-state index contributed by atoms with van der Waals surface area (Å²) >= 11 is 0. The summed E-state index contributed by atoms with van der Waals surface area (Å²) in [5.74, 6) is -0.198. The first-order chi connectivity index (χ1) is 8.74. The molecule has 0 saturated heterocycles. The molecule has 0 unspecified atom stereocenters. The SMILES string of the molecule is CCOCCOC(=O)CCNc1ccccc1C. The van der Waals surface area contributed by atoms with E-state index in [0.717, 1.165) is 5.69 Å². The zero-order chi connectivity index (χ0) is 13.2. The van der Waals surface area contributed by atoms with E-state index in [-0.39, 0.29) is 5.97 Å². The van der Waals surface area contributed by atoms with E-state index >= 15 is 0 Å². The van der Waals surface area contributed by atoms with E-state index in [1.165, 1.54) is 5.56 Å². The Morgan fingerprint density at radius 1 is 1.28 bits per heavy atom. The molecule has 0 aliphatic heterocycles. The first-order valence-corrected chi connectivity index (χ1v) is 6.27. The highest BCUT2D eigenvalue weighted by molar-refractivity contribution is 5.70. The fraction of sp³-hybridized carbons (Fsp3) is 0.500. The molecule has 1 N–H and O–H groups in total. The van der Waals surface area contributed by atoms with Crippen LogP contribution in [-0.4, -0.2) is 32.3 Å². The lowest BCUT2D eigenvalue weighted by molar-refractivity contribution is -0.144. The monoisotopic (exact) mass is 251 g/mol. The number of carbonyl (C=O) groups is 1. The maximum atomic E-state index is 11.4. The molecule has 0 atom stereocenters. The number of aryl methyl sites for hydroxylation is 1. The van der Waals surface area contributed by atoms with Crippen LogP contribution in [0.15, 0.2) is 24.3 Å². The van der Waals surface area contributed by atoms with E-state index in [9.17, 15) is 4.79 Å². The van der Waals surface area contributed by atoms with Gasteiger partial charge in [0, 0.05) is 18.8 Å². The van der Waals surface area contributed by atoms with Crippen molar-refractivity contribution >= 4 is 11.7 Å². The molecule has 18 heavy (non-hydrogen) atoms. The highest BCUT2D eigenvalue weighted by Crippen LogP contribution is 2.12. The van der Waals surface area contributed by atoms with Crippen molar-refractivity contribution in [2.75, 3.05) is 31.7 Å². The predicted molar refractivity (Wildman–Crippen MR) is 71.7 cm³/mol. The summed E-state index contributed by atoms with van der Waals surface area (Å²) in [4.78, 5) is 11.4. The van der Waals surface area contributed by atoms with Gasteiger partial charge in [-0.25, -0.2) is 0 Å². The Morgan fingerprint density at radius 2 is 2.06 bits per heavy atom. The van der Waals surface area contributed by atoms with Gasteiger partial charge in [-0.1, -0.05) is 18.2 Å². The normalized spacial score (nSPS) is 10.1. The number of benzene rings is 1. The lowest BCUT2D eigenvalue weighted by atomic mass is 10.2. The van der Waals surface area contributed by atoms with Gasteiger partial charge >= 0.3 is 5.97 Å². The van der Waals surface area contributed by atoms with E-state index < -0.39 is 0 Å². The fourth-order valence-electron chi connectivity index (χ4n) is 1.50. The highest BCUT2D eigenvalue weighted by Gasteiger charge is 2.03. The molecule has 0 heterocycles. The Labute approximate surface area is 108 Å². The first kappa shape index (κ1) is 14.5. The molecular weight excluding hydrogens is 230 g/mol. The van der Waals surface area contributed by atoms with Gasteiger partial charge in [0.05, 0.1) is 13.0 Å². The van der Waals surface area contributed by atoms with Crippen LogP contribution < -0.4 is 5.32 Å². The molecule has 0 aliphatic rings. The minimum Gasteiger partial charge on any atom is -0.463 e. The largest absolute Gasteiger partial charge is 0.463 e. The van der Waals surface area contributed by atoms with Crippen LogP contribution in [0.5, 0.6) is 0 Å². The van der Waals surface area contributed by atoms with Crippen molar-refractivity contribution in [2.24, 2.45) is 0 Å². The lowest BCUT2D eigenvalue weighted by Gasteiger charge is -2.09. The third-order valence-corrected chi connectivity index (χ3v) is 2.48. The maximum absolute atomic E-state index is 11.4. The molecule has 1 rings (SSSR count). The number of nitrogens with one attached hydrogen (secondary N) is 1. The third-order valence-electron chi connectivity index (χ3n) is 2.48. The van der Waals surface area contributed by atoms with Crippen molar-refractivity contribution in [3.8, 4) is 0 Å². The first-order valence-electron chi connectivity index (χ1n) is 6.27. The smallest absolute Gasteiger partial charge is 0.307 e. The Hall–Kier alpha value is -1.55. The molecule has 1 aromatic rings. The van der Waals surface area contributed by atoms with Crippen molar-refractivity contribution in [1.82, 2.24) is 0 Å². The number of rotatable bonds is 8. The van der Waals surface area contributed by atoms with Crippen molar-refractivity contribution in [3.05, 3.63) is 29.8 Å². The molecule has 0 fully saturated rings. The van der Waals surface area contributed by atoms with Crippen molar-refractivity contribution in [1.29, 1.82) is 0 Å². The zero-order valence-electron chi connectivity index (χ0n) is 11.1. The summed E-state index contributed by atoms with van der Waals surface area (Å²) < 4.78 is 10.1. The topological polar surface area (TPSA) is 47.6 Å². The van der Waals surface area contributed by atoms with Gasteiger partial charge in [0.25, 0.3) is 0 Å². The minimum atomic E-state index is -0.198. The zero-order valence-corrected chi connectivity index (χ0v) is 11.1. The molecule has 0 bridgehead atoms. The molecule has 0 aliphatic carbocycles. The second-order valence-corrected chi connectivity index (χ2v) is 3.91. The van der Waals surface area contributed by atoms with Gasteiger partial charge in [0.15, 0.2) is 0 Å². The second kappa shape index (κ2) is 8.53. The molecular formula is C14H21NO3. The number of hydrogen-bond donors (Lipinski definition) is 1. The van der Waals surface area contributed by atoms with Gasteiger partial charge in [0.2, 0.25) is 0 Å². The van der Waals surface area contributed by atoms with Gasteiger partial charge in [-0.15, -0.1) is 0 Å². The second-order valence-electron chi connectivity index (χ2n) is 3.91. The third kappa shape index (κ3) is 5.68. The van der Waals surface area contributed by atoms with Crippen LogP contribution in [0.1, 0.15) is 18.9 Å². The number of carbonyl (C=O) groups excluding carboxylic acids is 1. The summed E-state index contributed by atoms with van der Waals surface area (Å²) in [6, 6.07) is 7.98. The van der Waals surface area contributed by atoms with Gasteiger partial charge in [-0.3, -0.25) is 4.79 Å². The van der Waals surface area contributed by atoms with Gasteiger partial charge in [0.1, 0.15) is 6.61 Å². The number of ether oxygens (including phenoxy) is 2. The van der Waals surface area contributed by atoms with Gasteiger partial charge in [-0.05, 0) is 25.5 Å². The molecule has 0 aromatic heterocycles. The molecule has 0 amide bonds. The summed E-state index contributed by atoms with van der Waals surface area (Å²) in [7, 11) is 0. The average Bonchev–Trinajstić information content (AvgIpc) is 2.37. The molecule has 100 valence electrons. The van der Waals surface area contributed by atoms with Gasteiger partial charge < -0.3 is 14.8 Å². The summed E-state index contributed by atoms with van der Waals surface area (Å²) in [5.41, 5.74) is 2.22. The van der Waals surface area contributed by atoms with Crippen LogP contribution in [0, 0.1) is 6.92 Å². The molecule has 0 radical (unpaired) electrons. The summed E-state index contributed by atoms with van der Waals surface area (Å²) in [6.07, 6.45) is 0.362. The van der Waals surface area contributed by atoms with E-state index in [0.29, 0.717) is 32.8 Å². The molecule has 0 saturated carbocycles. The molecule has 1 aromatic carbocycles. The average molecular weight is 251 g/mol. The summed E-state index contributed by atoms with van der Waals surface area (Å²) in [5, 5.41) is 3.21. The number of hydrogen-bond acceptors (Lipinski definition) is 4. The number of esters is 1. The van der Waals surface area contributed by atoms with E-state index in [4.69, 9.17) is 9.47 Å². The van der Waals surface area contributed by atoms with E-state index in [1.807, 2.05) is 38.1 Å².